The molecule has 3 aliphatic rings. The summed E-state index contributed by atoms with van der Waals surface area (Å²) in [5.41, 5.74) is 1.26. The number of fused-ring (bicyclic) bond motifs is 1. The maximum absolute atomic E-state index is 12.6. The number of rotatable bonds is 4. The summed E-state index contributed by atoms with van der Waals surface area (Å²) < 4.78 is 11.5. The van der Waals surface area contributed by atoms with Crippen molar-refractivity contribution < 1.29 is 14.3 Å². The van der Waals surface area contributed by atoms with Crippen molar-refractivity contribution in [3.8, 4) is 5.75 Å². The molecule has 1 amide bonds. The lowest BCUT2D eigenvalue weighted by molar-refractivity contribution is -0.142. The molecule has 3 heterocycles. The highest BCUT2D eigenvalue weighted by Crippen LogP contribution is 2.35. The van der Waals surface area contributed by atoms with E-state index in [1.54, 1.807) is 7.11 Å². The number of carbonyl (C=O) groups is 1. The Morgan fingerprint density at radius 2 is 2.12 bits per heavy atom. The number of methoxy groups -OCH3 is 1. The van der Waals surface area contributed by atoms with Crippen molar-refractivity contribution in [3.05, 3.63) is 29.8 Å². The molecule has 3 atom stereocenters. The number of hydrogen-bond donors (Lipinski definition) is 0. The van der Waals surface area contributed by atoms with Crippen molar-refractivity contribution in [2.75, 3.05) is 33.3 Å². The molecular weight excluding hydrogens is 316 g/mol. The third kappa shape index (κ3) is 3.67. The molecule has 1 aromatic carbocycles. The Labute approximate surface area is 149 Å². The minimum absolute atomic E-state index is 0.204. The van der Waals surface area contributed by atoms with Crippen LogP contribution in [0, 0.1) is 5.92 Å². The molecular formula is C20H28N2O3. The largest absolute Gasteiger partial charge is 0.497 e. The van der Waals surface area contributed by atoms with E-state index in [1.165, 1.54) is 5.56 Å². The minimum atomic E-state index is -0.204. The van der Waals surface area contributed by atoms with Gasteiger partial charge in [-0.05, 0) is 55.8 Å². The average Bonchev–Trinajstić information content (AvgIpc) is 3.30. The molecule has 25 heavy (non-hydrogen) atoms. The number of carbonyl (C=O) groups excluding carboxylic acids is 1. The number of nitrogens with zero attached hydrogens (tertiary/aromatic N) is 2. The highest BCUT2D eigenvalue weighted by atomic mass is 16.5. The van der Waals surface area contributed by atoms with Crippen LogP contribution in [0.2, 0.25) is 0 Å². The van der Waals surface area contributed by atoms with E-state index in [0.29, 0.717) is 5.92 Å². The fraction of sp³-hybridized carbons (Fsp3) is 0.650. The van der Waals surface area contributed by atoms with Crippen molar-refractivity contribution in [1.82, 2.24) is 9.80 Å². The van der Waals surface area contributed by atoms with E-state index in [9.17, 15) is 4.79 Å². The number of hydrogen-bond acceptors (Lipinski definition) is 4. The molecule has 0 spiro atoms. The van der Waals surface area contributed by atoms with Crippen LogP contribution >= 0.6 is 0 Å². The number of likely N-dealkylation sites (tertiary alicyclic amines) is 2. The third-order valence-corrected chi connectivity index (χ3v) is 5.87. The summed E-state index contributed by atoms with van der Waals surface area (Å²) in [5.74, 6) is 1.67. The monoisotopic (exact) mass is 344 g/mol. The number of benzene rings is 1. The van der Waals surface area contributed by atoms with E-state index in [4.69, 9.17) is 9.47 Å². The molecule has 3 fully saturated rings. The number of ether oxygens (including phenoxy) is 2. The van der Waals surface area contributed by atoms with Crippen LogP contribution in [0.25, 0.3) is 0 Å². The van der Waals surface area contributed by atoms with Crippen LogP contribution < -0.4 is 4.74 Å². The standard InChI is InChI=1S/C20H28N2O3/c1-24-17-6-4-5-15(11-17)13-21-10-7-16-12-18(25-19(16)14-21)20(23)22-8-2-3-9-22/h4-6,11,16,18-19H,2-3,7-10,12-14H2,1H3/t16-,18-,19-/m0/s1. The molecule has 0 aromatic heterocycles. The van der Waals surface area contributed by atoms with Gasteiger partial charge in [-0.2, -0.15) is 0 Å². The van der Waals surface area contributed by atoms with Crippen LogP contribution in [0.4, 0.5) is 0 Å². The van der Waals surface area contributed by atoms with Gasteiger partial charge in [0.1, 0.15) is 11.9 Å². The highest BCUT2D eigenvalue weighted by Gasteiger charge is 2.43. The summed E-state index contributed by atoms with van der Waals surface area (Å²) in [6.45, 7) is 4.73. The Hall–Kier alpha value is -1.59. The van der Waals surface area contributed by atoms with E-state index in [-0.39, 0.29) is 18.1 Å². The second kappa shape index (κ2) is 7.34. The summed E-state index contributed by atoms with van der Waals surface area (Å²) in [7, 11) is 1.70. The number of amides is 1. The first-order valence-corrected chi connectivity index (χ1v) is 9.52. The predicted molar refractivity (Wildman–Crippen MR) is 95.5 cm³/mol. The third-order valence-electron chi connectivity index (χ3n) is 5.87. The van der Waals surface area contributed by atoms with Crippen LogP contribution in [-0.2, 0) is 16.1 Å². The summed E-state index contributed by atoms with van der Waals surface area (Å²) in [4.78, 5) is 17.0. The molecule has 0 bridgehead atoms. The SMILES string of the molecule is COc1cccc(CN2CC[C@H]3C[C@@H](C(=O)N4CCCC4)O[C@H]3C2)c1. The van der Waals surface area contributed by atoms with Crippen LogP contribution in [-0.4, -0.2) is 61.2 Å². The van der Waals surface area contributed by atoms with Crippen LogP contribution in [0.15, 0.2) is 24.3 Å². The molecule has 136 valence electrons. The molecule has 5 heteroatoms. The van der Waals surface area contributed by atoms with E-state index in [2.05, 4.69) is 17.0 Å². The fourth-order valence-electron chi connectivity index (χ4n) is 4.47. The fourth-order valence-corrected chi connectivity index (χ4v) is 4.47. The van der Waals surface area contributed by atoms with Gasteiger partial charge in [0.15, 0.2) is 0 Å². The maximum Gasteiger partial charge on any atom is 0.251 e. The zero-order valence-corrected chi connectivity index (χ0v) is 15.0. The van der Waals surface area contributed by atoms with Crippen LogP contribution in [0.3, 0.4) is 0 Å². The van der Waals surface area contributed by atoms with Gasteiger partial charge < -0.3 is 14.4 Å². The first-order valence-electron chi connectivity index (χ1n) is 9.52. The Kier molecular flexibility index (Phi) is 4.95. The van der Waals surface area contributed by atoms with Crippen molar-refractivity contribution in [2.24, 2.45) is 5.92 Å². The Morgan fingerprint density at radius 3 is 2.92 bits per heavy atom. The number of piperidine rings is 1. The molecule has 0 unspecified atom stereocenters. The summed E-state index contributed by atoms with van der Waals surface area (Å²) in [6.07, 6.45) is 4.31. The summed E-state index contributed by atoms with van der Waals surface area (Å²) >= 11 is 0. The summed E-state index contributed by atoms with van der Waals surface area (Å²) in [5, 5.41) is 0. The molecule has 3 aliphatic heterocycles. The quantitative estimate of drug-likeness (QED) is 0.840. The van der Waals surface area contributed by atoms with Gasteiger partial charge in [-0.3, -0.25) is 9.69 Å². The van der Waals surface area contributed by atoms with Gasteiger partial charge in [0.25, 0.3) is 5.91 Å². The van der Waals surface area contributed by atoms with Gasteiger partial charge in [-0.1, -0.05) is 12.1 Å². The zero-order chi connectivity index (χ0) is 17.2. The molecule has 0 aliphatic carbocycles. The van der Waals surface area contributed by atoms with Crippen molar-refractivity contribution in [1.29, 1.82) is 0 Å². The van der Waals surface area contributed by atoms with Crippen LogP contribution in [0.1, 0.15) is 31.2 Å². The zero-order valence-electron chi connectivity index (χ0n) is 15.0. The molecule has 4 rings (SSSR count). The van der Waals surface area contributed by atoms with Gasteiger partial charge in [0.2, 0.25) is 0 Å². The first kappa shape index (κ1) is 16.9. The van der Waals surface area contributed by atoms with E-state index < -0.39 is 0 Å². The van der Waals surface area contributed by atoms with Gasteiger partial charge in [0, 0.05) is 26.2 Å². The lowest BCUT2D eigenvalue weighted by Crippen LogP contribution is -2.42. The van der Waals surface area contributed by atoms with Gasteiger partial charge in [-0.25, -0.2) is 0 Å². The van der Waals surface area contributed by atoms with Gasteiger partial charge in [-0.15, -0.1) is 0 Å². The van der Waals surface area contributed by atoms with Crippen molar-refractivity contribution >= 4 is 5.91 Å². The smallest absolute Gasteiger partial charge is 0.251 e. The molecule has 5 nitrogen and oxygen atoms in total. The predicted octanol–water partition coefficient (Wildman–Crippen LogP) is 2.30. The molecule has 1 aromatic rings. The Balaban J connectivity index is 1.34. The van der Waals surface area contributed by atoms with E-state index >= 15 is 0 Å². The van der Waals surface area contributed by atoms with Crippen molar-refractivity contribution in [2.45, 2.75) is 44.4 Å². The average molecular weight is 344 g/mol. The van der Waals surface area contributed by atoms with Crippen LogP contribution in [0.5, 0.6) is 5.75 Å². The second-order valence-electron chi connectivity index (χ2n) is 7.57. The molecule has 0 saturated carbocycles. The van der Waals surface area contributed by atoms with Gasteiger partial charge >= 0.3 is 0 Å². The maximum atomic E-state index is 12.6. The topological polar surface area (TPSA) is 42.0 Å². The van der Waals surface area contributed by atoms with Gasteiger partial charge in [0.05, 0.1) is 13.2 Å². The Bertz CT molecular complexity index is 615. The summed E-state index contributed by atoms with van der Waals surface area (Å²) in [6, 6.07) is 8.26. The van der Waals surface area contributed by atoms with E-state index in [0.717, 1.165) is 64.2 Å². The normalized spacial score (nSPS) is 29.6. The molecule has 0 radical (unpaired) electrons. The second-order valence-corrected chi connectivity index (χ2v) is 7.57. The highest BCUT2D eigenvalue weighted by molar-refractivity contribution is 5.81. The minimum Gasteiger partial charge on any atom is -0.497 e. The van der Waals surface area contributed by atoms with Crippen molar-refractivity contribution in [3.63, 3.8) is 0 Å². The lowest BCUT2D eigenvalue weighted by atomic mass is 9.91. The van der Waals surface area contributed by atoms with E-state index in [1.807, 2.05) is 17.0 Å². The first-order chi connectivity index (χ1) is 12.2. The lowest BCUT2D eigenvalue weighted by Gasteiger charge is -2.34. The Morgan fingerprint density at radius 1 is 1.28 bits per heavy atom. The molecule has 3 saturated heterocycles. The molecule has 0 N–H and O–H groups in total.